The molecule has 2 aromatic rings. The normalized spacial score (nSPS) is 12.0. The van der Waals surface area contributed by atoms with E-state index in [0.717, 1.165) is 30.2 Å². The van der Waals surface area contributed by atoms with Crippen LogP contribution in [0.1, 0.15) is 57.1 Å². The zero-order chi connectivity index (χ0) is 27.4. The molecule has 0 unspecified atom stereocenters. The molecule has 2 amide bonds. The van der Waals surface area contributed by atoms with E-state index in [1.807, 2.05) is 38.1 Å². The Hall–Kier alpha value is -3.07. The molecule has 0 bridgehead atoms. The Bertz CT molecular complexity index is 1140. The Labute approximate surface area is 222 Å². The van der Waals surface area contributed by atoms with Crippen molar-refractivity contribution in [3.05, 3.63) is 59.7 Å². The number of anilines is 1. The van der Waals surface area contributed by atoms with Gasteiger partial charge in [-0.2, -0.15) is 0 Å². The van der Waals surface area contributed by atoms with E-state index < -0.39 is 16.1 Å². The molecule has 0 saturated carbocycles. The number of hydrogen-bond donors (Lipinski definition) is 1. The van der Waals surface area contributed by atoms with E-state index in [9.17, 15) is 18.0 Å². The standard InChI is InChI=1S/C28H41N3O5S/c1-6-8-17-29-28(33)26(7-2)30(21-23-13-9-12-22(3)19-23)27(32)16-11-18-31(37(5,34)35)24-14-10-15-25(20-24)36-4/h9-10,12-15,19-20,26H,6-8,11,16-18,21H2,1-5H3,(H,29,33)/t26-/m0/s1. The first-order valence-electron chi connectivity index (χ1n) is 12.8. The average molecular weight is 532 g/mol. The van der Waals surface area contributed by atoms with Gasteiger partial charge in [-0.3, -0.25) is 13.9 Å². The van der Waals surface area contributed by atoms with Gasteiger partial charge in [0, 0.05) is 32.1 Å². The van der Waals surface area contributed by atoms with Crippen LogP contribution in [0, 0.1) is 6.92 Å². The molecule has 0 heterocycles. The fourth-order valence-corrected chi connectivity index (χ4v) is 5.16. The van der Waals surface area contributed by atoms with Crippen LogP contribution in [0.25, 0.3) is 0 Å². The van der Waals surface area contributed by atoms with Crippen LogP contribution in [0.2, 0.25) is 0 Å². The summed E-state index contributed by atoms with van der Waals surface area (Å²) in [6.07, 6.45) is 3.88. The summed E-state index contributed by atoms with van der Waals surface area (Å²) in [6.45, 7) is 6.96. The number of hydrogen-bond acceptors (Lipinski definition) is 5. The molecule has 1 N–H and O–H groups in total. The molecule has 0 aliphatic carbocycles. The average Bonchev–Trinajstić information content (AvgIpc) is 2.85. The first-order valence-corrected chi connectivity index (χ1v) is 14.7. The van der Waals surface area contributed by atoms with E-state index in [0.29, 0.717) is 37.4 Å². The van der Waals surface area contributed by atoms with Crippen molar-refractivity contribution in [2.45, 2.75) is 65.5 Å². The van der Waals surface area contributed by atoms with Crippen molar-refractivity contribution in [1.29, 1.82) is 0 Å². The van der Waals surface area contributed by atoms with E-state index in [2.05, 4.69) is 12.2 Å². The molecule has 2 rings (SSSR count). The SMILES string of the molecule is CCCCNC(=O)[C@H](CC)N(Cc1cccc(C)c1)C(=O)CCCN(c1cccc(OC)c1)S(C)(=O)=O. The monoisotopic (exact) mass is 531 g/mol. The quantitative estimate of drug-likeness (QED) is 0.346. The van der Waals surface area contributed by atoms with Gasteiger partial charge in [0.25, 0.3) is 0 Å². The van der Waals surface area contributed by atoms with E-state index in [1.54, 1.807) is 29.2 Å². The van der Waals surface area contributed by atoms with Gasteiger partial charge in [-0.25, -0.2) is 8.42 Å². The fourth-order valence-electron chi connectivity index (χ4n) is 4.20. The lowest BCUT2D eigenvalue weighted by molar-refractivity contribution is -0.141. The number of ether oxygens (including phenoxy) is 1. The molecule has 9 heteroatoms. The third-order valence-corrected chi connectivity index (χ3v) is 7.34. The second-order valence-electron chi connectivity index (χ2n) is 9.22. The molecule has 0 aliphatic rings. The van der Waals surface area contributed by atoms with Gasteiger partial charge in [0.2, 0.25) is 21.8 Å². The van der Waals surface area contributed by atoms with Gasteiger partial charge < -0.3 is 15.0 Å². The van der Waals surface area contributed by atoms with E-state index in [1.165, 1.54) is 11.4 Å². The molecular formula is C28H41N3O5S. The van der Waals surface area contributed by atoms with Crippen LogP contribution in [0.3, 0.4) is 0 Å². The third kappa shape index (κ3) is 9.39. The largest absolute Gasteiger partial charge is 0.497 e. The number of amides is 2. The minimum absolute atomic E-state index is 0.112. The number of nitrogens with zero attached hydrogens (tertiary/aromatic N) is 2. The zero-order valence-electron chi connectivity index (χ0n) is 22.7. The summed E-state index contributed by atoms with van der Waals surface area (Å²) >= 11 is 0. The predicted molar refractivity (Wildman–Crippen MR) is 148 cm³/mol. The van der Waals surface area contributed by atoms with Crippen LogP contribution in [-0.4, -0.2) is 57.6 Å². The Balaban J connectivity index is 2.20. The smallest absolute Gasteiger partial charge is 0.242 e. The van der Waals surface area contributed by atoms with E-state index in [-0.39, 0.29) is 24.8 Å². The molecule has 0 saturated heterocycles. The Morgan fingerprint density at radius 1 is 1.05 bits per heavy atom. The molecule has 0 spiro atoms. The molecule has 0 aromatic heterocycles. The van der Waals surface area contributed by atoms with Gasteiger partial charge in [-0.15, -0.1) is 0 Å². The lowest BCUT2D eigenvalue weighted by atomic mass is 10.1. The summed E-state index contributed by atoms with van der Waals surface area (Å²) in [5.74, 6) is 0.204. The number of carbonyl (C=O) groups excluding carboxylic acids is 2. The number of unbranched alkanes of at least 4 members (excludes halogenated alkanes) is 1. The van der Waals surface area contributed by atoms with Gasteiger partial charge in [-0.05, 0) is 43.9 Å². The van der Waals surface area contributed by atoms with Crippen molar-refractivity contribution in [1.82, 2.24) is 10.2 Å². The van der Waals surface area contributed by atoms with Crippen molar-refractivity contribution in [3.63, 3.8) is 0 Å². The maximum atomic E-state index is 13.5. The van der Waals surface area contributed by atoms with E-state index in [4.69, 9.17) is 4.74 Å². The molecule has 37 heavy (non-hydrogen) atoms. The van der Waals surface area contributed by atoms with Crippen LogP contribution >= 0.6 is 0 Å². The van der Waals surface area contributed by atoms with Crippen molar-refractivity contribution >= 4 is 27.5 Å². The van der Waals surface area contributed by atoms with Crippen LogP contribution in [0.5, 0.6) is 5.75 Å². The van der Waals surface area contributed by atoms with E-state index >= 15 is 0 Å². The van der Waals surface area contributed by atoms with Crippen LogP contribution in [-0.2, 0) is 26.2 Å². The highest BCUT2D eigenvalue weighted by atomic mass is 32.2. The number of benzene rings is 2. The summed E-state index contributed by atoms with van der Waals surface area (Å²) in [4.78, 5) is 28.1. The molecule has 0 aliphatic heterocycles. The summed E-state index contributed by atoms with van der Waals surface area (Å²) < 4.78 is 31.6. The van der Waals surface area contributed by atoms with Gasteiger partial charge in [-0.1, -0.05) is 56.2 Å². The van der Waals surface area contributed by atoms with Crippen LogP contribution in [0.4, 0.5) is 5.69 Å². The first kappa shape index (κ1) is 30.2. The number of methoxy groups -OCH3 is 1. The van der Waals surface area contributed by atoms with Gasteiger partial charge >= 0.3 is 0 Å². The Morgan fingerprint density at radius 3 is 2.41 bits per heavy atom. The van der Waals surface area contributed by atoms with Crippen molar-refractivity contribution in [3.8, 4) is 5.75 Å². The highest BCUT2D eigenvalue weighted by Gasteiger charge is 2.28. The molecule has 204 valence electrons. The van der Waals surface area contributed by atoms with Crippen molar-refractivity contribution < 1.29 is 22.7 Å². The van der Waals surface area contributed by atoms with Crippen molar-refractivity contribution in [2.24, 2.45) is 0 Å². The summed E-state index contributed by atoms with van der Waals surface area (Å²) in [7, 11) is -2.05. The topological polar surface area (TPSA) is 96.0 Å². The summed E-state index contributed by atoms with van der Waals surface area (Å²) in [5, 5.41) is 2.96. The first-order chi connectivity index (χ1) is 17.6. The fraction of sp³-hybridized carbons (Fsp3) is 0.500. The number of aryl methyl sites for hydroxylation is 1. The number of sulfonamides is 1. The predicted octanol–water partition coefficient (Wildman–Crippen LogP) is 4.27. The second kappa shape index (κ2) is 14.6. The molecule has 2 aromatic carbocycles. The number of carbonyl (C=O) groups is 2. The van der Waals surface area contributed by atoms with Crippen LogP contribution < -0.4 is 14.4 Å². The molecular weight excluding hydrogens is 490 g/mol. The lowest BCUT2D eigenvalue weighted by Crippen LogP contribution is -2.49. The second-order valence-corrected chi connectivity index (χ2v) is 11.1. The molecule has 0 radical (unpaired) electrons. The highest BCUT2D eigenvalue weighted by molar-refractivity contribution is 7.92. The zero-order valence-corrected chi connectivity index (χ0v) is 23.5. The molecule has 0 fully saturated rings. The molecule has 8 nitrogen and oxygen atoms in total. The van der Waals surface area contributed by atoms with Gasteiger partial charge in [0.05, 0.1) is 19.1 Å². The maximum absolute atomic E-state index is 13.5. The third-order valence-electron chi connectivity index (χ3n) is 6.14. The number of nitrogens with one attached hydrogen (secondary N) is 1. The van der Waals surface area contributed by atoms with Gasteiger partial charge in [0.15, 0.2) is 0 Å². The number of rotatable bonds is 15. The Morgan fingerprint density at radius 2 is 1.78 bits per heavy atom. The Kier molecular flexibility index (Phi) is 11.9. The maximum Gasteiger partial charge on any atom is 0.242 e. The highest BCUT2D eigenvalue weighted by Crippen LogP contribution is 2.24. The van der Waals surface area contributed by atoms with Gasteiger partial charge in [0.1, 0.15) is 11.8 Å². The summed E-state index contributed by atoms with van der Waals surface area (Å²) in [6, 6.07) is 14.1. The lowest BCUT2D eigenvalue weighted by Gasteiger charge is -2.31. The minimum Gasteiger partial charge on any atom is -0.497 e. The molecule has 1 atom stereocenters. The minimum atomic E-state index is -3.57. The van der Waals surface area contributed by atoms with Crippen LogP contribution in [0.15, 0.2) is 48.5 Å². The van der Waals surface area contributed by atoms with Crippen molar-refractivity contribution in [2.75, 3.05) is 30.8 Å². The summed E-state index contributed by atoms with van der Waals surface area (Å²) in [5.41, 5.74) is 2.50.